The standard InChI is InChI=1S/C20H24Si.2CH3.2ClH.Zr/c1-21(2,19-12-6-9-15-8-5-11-18(15)19)20-14-13-16-7-3-4-10-17(16)20;;;;;/h3-4,6-7,9-10,12,20H,5,8,11,13-14H2,1-2H3;2*1H3;2*1H;/q;2*-1;;;+4/p-2/t20-;;;;;/m0...../s1. The second-order valence-corrected chi connectivity index (χ2v) is 15.8. The van der Waals surface area contributed by atoms with Crippen LogP contribution >= 0.6 is 17.0 Å². The normalized spacial score (nSPS) is 16.8. The molecule has 0 spiro atoms. The van der Waals surface area contributed by atoms with Gasteiger partial charge in [0.25, 0.3) is 0 Å². The number of fused-ring (bicyclic) bond motifs is 2. The summed E-state index contributed by atoms with van der Waals surface area (Å²) in [5.41, 5.74) is 7.43. The Hall–Kier alpha value is 0.120. The zero-order valence-electron chi connectivity index (χ0n) is 16.4. The molecule has 0 saturated heterocycles. The number of aryl methyl sites for hydroxylation is 2. The van der Waals surface area contributed by atoms with Crippen molar-refractivity contribution in [1.82, 2.24) is 0 Å². The van der Waals surface area contributed by atoms with Crippen molar-refractivity contribution in [3.05, 3.63) is 79.6 Å². The average Bonchev–Trinajstić information content (AvgIpc) is 3.22. The Morgan fingerprint density at radius 2 is 1.54 bits per heavy atom. The van der Waals surface area contributed by atoms with Crippen LogP contribution in [0.2, 0.25) is 13.1 Å². The van der Waals surface area contributed by atoms with Crippen LogP contribution in [0.25, 0.3) is 0 Å². The van der Waals surface area contributed by atoms with E-state index >= 15 is 0 Å². The molecule has 2 aliphatic rings. The molecule has 2 aromatic rings. The van der Waals surface area contributed by atoms with Gasteiger partial charge >= 0.3 is 37.9 Å². The third kappa shape index (κ3) is 4.75. The number of hydrogen-bond donors (Lipinski definition) is 0. The first-order chi connectivity index (χ1) is 11.6. The molecule has 26 heavy (non-hydrogen) atoms. The molecule has 1 atom stereocenters. The molecule has 0 N–H and O–H groups in total. The molecule has 0 aromatic heterocycles. The van der Waals surface area contributed by atoms with E-state index in [-0.39, 0.29) is 14.9 Å². The molecule has 2 aromatic carbocycles. The van der Waals surface area contributed by atoms with Crippen molar-refractivity contribution < 1.29 is 20.8 Å². The van der Waals surface area contributed by atoms with Gasteiger partial charge in [-0.05, 0) is 59.9 Å². The zero-order chi connectivity index (χ0) is 17.2. The maximum atomic E-state index is 4.93. The Bertz CT molecular complexity index is 715. The van der Waals surface area contributed by atoms with Crippen molar-refractivity contribution >= 4 is 30.3 Å². The second kappa shape index (κ2) is 10.6. The molecular formula is C22H30Cl2SiZr. The molecule has 4 rings (SSSR count). The van der Waals surface area contributed by atoms with Crippen molar-refractivity contribution in [2.45, 2.75) is 50.7 Å². The van der Waals surface area contributed by atoms with Gasteiger partial charge in [0.1, 0.15) is 0 Å². The zero-order valence-corrected chi connectivity index (χ0v) is 21.4. The van der Waals surface area contributed by atoms with Crippen molar-refractivity contribution in [2.24, 2.45) is 0 Å². The van der Waals surface area contributed by atoms with Crippen LogP contribution in [0.5, 0.6) is 0 Å². The minimum atomic E-state index is -1.45. The molecular weight excluding hydrogens is 454 g/mol. The first-order valence-electron chi connectivity index (χ1n) is 8.75. The summed E-state index contributed by atoms with van der Waals surface area (Å²) in [5, 5.41) is 1.75. The Balaban J connectivity index is 0.000000635. The number of benzene rings is 2. The summed E-state index contributed by atoms with van der Waals surface area (Å²) in [6.07, 6.45) is 6.62. The van der Waals surface area contributed by atoms with Gasteiger partial charge in [0, 0.05) is 0 Å². The van der Waals surface area contributed by atoms with Crippen LogP contribution in [0.1, 0.15) is 40.6 Å². The van der Waals surface area contributed by atoms with Gasteiger partial charge in [-0.3, -0.25) is 0 Å². The Morgan fingerprint density at radius 1 is 0.885 bits per heavy atom. The fourth-order valence-corrected chi connectivity index (χ4v) is 8.61. The molecule has 0 radical (unpaired) electrons. The summed E-state index contributed by atoms with van der Waals surface area (Å²) < 4.78 is 0. The van der Waals surface area contributed by atoms with Gasteiger partial charge in [-0.15, -0.1) is 0 Å². The van der Waals surface area contributed by atoms with Crippen LogP contribution in [-0.2, 0) is 40.1 Å². The van der Waals surface area contributed by atoms with Gasteiger partial charge in [0.15, 0.2) is 0 Å². The van der Waals surface area contributed by atoms with Crippen LogP contribution in [0.4, 0.5) is 0 Å². The minimum absolute atomic E-state index is 0. The van der Waals surface area contributed by atoms with Crippen molar-refractivity contribution in [1.29, 1.82) is 0 Å². The first-order valence-corrected chi connectivity index (χ1v) is 18.2. The van der Waals surface area contributed by atoms with Crippen LogP contribution < -0.4 is 5.19 Å². The van der Waals surface area contributed by atoms with Crippen molar-refractivity contribution in [3.8, 4) is 0 Å². The van der Waals surface area contributed by atoms with Crippen molar-refractivity contribution in [2.75, 3.05) is 0 Å². The van der Waals surface area contributed by atoms with Gasteiger partial charge in [0.05, 0.1) is 8.07 Å². The predicted molar refractivity (Wildman–Crippen MR) is 118 cm³/mol. The average molecular weight is 485 g/mol. The van der Waals surface area contributed by atoms with E-state index in [1.807, 2.05) is 0 Å². The first kappa shape index (κ1) is 24.2. The van der Waals surface area contributed by atoms with Gasteiger partial charge in [-0.25, -0.2) is 0 Å². The van der Waals surface area contributed by atoms with Gasteiger partial charge in [-0.2, -0.15) is 0 Å². The molecule has 0 fully saturated rings. The topological polar surface area (TPSA) is 0 Å². The molecule has 0 bridgehead atoms. The van der Waals surface area contributed by atoms with E-state index in [1.54, 1.807) is 27.4 Å². The summed E-state index contributed by atoms with van der Waals surface area (Å²) in [5.74, 6) is 0. The van der Waals surface area contributed by atoms with Crippen LogP contribution in [0.15, 0.2) is 42.5 Å². The molecule has 4 heteroatoms. The Labute approximate surface area is 180 Å². The van der Waals surface area contributed by atoms with Gasteiger partial charge in [-0.1, -0.05) is 60.7 Å². The molecule has 2 aliphatic carbocycles. The van der Waals surface area contributed by atoms with E-state index in [0.717, 1.165) is 5.54 Å². The quantitative estimate of drug-likeness (QED) is 0.331. The monoisotopic (exact) mass is 482 g/mol. The fourth-order valence-electron chi connectivity index (χ4n) is 4.72. The maximum absolute atomic E-state index is 4.93. The summed E-state index contributed by atoms with van der Waals surface area (Å²) in [6.45, 7) is 5.21. The van der Waals surface area contributed by atoms with E-state index in [4.69, 9.17) is 17.0 Å². The van der Waals surface area contributed by atoms with E-state index in [2.05, 4.69) is 55.6 Å². The van der Waals surface area contributed by atoms with E-state index in [0.29, 0.717) is 0 Å². The number of rotatable bonds is 2. The molecule has 0 heterocycles. The number of halogens is 2. The van der Waals surface area contributed by atoms with Crippen molar-refractivity contribution in [3.63, 3.8) is 0 Å². The SMILES string of the molecule is C[Si](C)(c1cccc2c1CCC2)[C@H]1CCc2ccccc21.[CH3-].[CH3-].[Cl][Zr+2][Cl]. The van der Waals surface area contributed by atoms with Crippen LogP contribution in [0.3, 0.4) is 0 Å². The van der Waals surface area contributed by atoms with Crippen LogP contribution in [-0.4, -0.2) is 8.07 Å². The molecule has 0 saturated carbocycles. The molecule has 140 valence electrons. The van der Waals surface area contributed by atoms with E-state index in [1.165, 1.54) is 32.1 Å². The molecule has 0 nitrogen and oxygen atoms in total. The number of hydrogen-bond acceptors (Lipinski definition) is 0. The summed E-state index contributed by atoms with van der Waals surface area (Å²) >= 11 is -0.826. The molecule has 0 unspecified atom stereocenters. The fraction of sp³-hybridized carbons (Fsp3) is 0.364. The van der Waals surface area contributed by atoms with Gasteiger partial charge in [0.2, 0.25) is 0 Å². The Kier molecular flexibility index (Phi) is 9.85. The summed E-state index contributed by atoms with van der Waals surface area (Å²) in [4.78, 5) is 0. The third-order valence-electron chi connectivity index (χ3n) is 5.84. The molecule has 0 aliphatic heterocycles. The second-order valence-electron chi connectivity index (χ2n) is 7.38. The Morgan fingerprint density at radius 3 is 2.27 bits per heavy atom. The predicted octanol–water partition coefficient (Wildman–Crippen LogP) is 6.64. The summed E-state index contributed by atoms with van der Waals surface area (Å²) in [6, 6.07) is 16.3. The third-order valence-corrected chi connectivity index (χ3v) is 10.0. The van der Waals surface area contributed by atoms with E-state index < -0.39 is 28.9 Å². The molecule has 0 amide bonds. The van der Waals surface area contributed by atoms with Crippen LogP contribution in [0, 0.1) is 14.9 Å². The van der Waals surface area contributed by atoms with E-state index in [9.17, 15) is 0 Å². The van der Waals surface area contributed by atoms with Gasteiger partial charge < -0.3 is 14.9 Å². The summed E-state index contributed by atoms with van der Waals surface area (Å²) in [7, 11) is 8.41.